The number of benzene rings is 2. The van der Waals surface area contributed by atoms with Crippen molar-refractivity contribution in [2.24, 2.45) is 0 Å². The highest BCUT2D eigenvalue weighted by atomic mass is 32.2. The van der Waals surface area contributed by atoms with Gasteiger partial charge in [0.25, 0.3) is 11.6 Å². The molecule has 1 N–H and O–H groups in total. The van der Waals surface area contributed by atoms with Crippen LogP contribution in [0.15, 0.2) is 47.4 Å². The van der Waals surface area contributed by atoms with Crippen LogP contribution in [0.25, 0.3) is 6.08 Å². The molecule has 0 saturated carbocycles. The largest absolute Gasteiger partial charge is 0.493 e. The maximum absolute atomic E-state index is 11.8. The highest BCUT2D eigenvalue weighted by Crippen LogP contribution is 2.32. The average Bonchev–Trinajstić information content (AvgIpc) is 2.97. The van der Waals surface area contributed by atoms with E-state index in [-0.39, 0.29) is 18.2 Å². The number of thiocarbonyl (C=S) groups is 1. The molecule has 7 nitrogen and oxygen atoms in total. The molecular formula is C18H14N2O5S2. The fraction of sp³-hybridized carbons (Fsp3) is 0.111. The van der Waals surface area contributed by atoms with Crippen LogP contribution in [0.5, 0.6) is 11.5 Å². The number of thioether (sulfide) groups is 1. The van der Waals surface area contributed by atoms with Crippen LogP contribution >= 0.6 is 24.0 Å². The summed E-state index contributed by atoms with van der Waals surface area (Å²) in [5, 5.41) is 13.3. The van der Waals surface area contributed by atoms with Gasteiger partial charge in [0.2, 0.25) is 0 Å². The number of nitro groups is 1. The van der Waals surface area contributed by atoms with Crippen LogP contribution in [0.2, 0.25) is 0 Å². The summed E-state index contributed by atoms with van der Waals surface area (Å²) in [7, 11) is 1.53. The third kappa shape index (κ3) is 4.63. The average molecular weight is 402 g/mol. The van der Waals surface area contributed by atoms with Gasteiger partial charge in [-0.05, 0) is 41.5 Å². The predicted octanol–water partition coefficient (Wildman–Crippen LogP) is 3.67. The van der Waals surface area contributed by atoms with Gasteiger partial charge in [0.15, 0.2) is 11.5 Å². The number of carbonyl (C=O) groups is 1. The van der Waals surface area contributed by atoms with Gasteiger partial charge in [-0.2, -0.15) is 0 Å². The third-order valence-electron chi connectivity index (χ3n) is 3.67. The van der Waals surface area contributed by atoms with Crippen molar-refractivity contribution in [2.75, 3.05) is 7.11 Å². The first-order chi connectivity index (χ1) is 13.0. The molecule has 0 bridgehead atoms. The van der Waals surface area contributed by atoms with Crippen LogP contribution in [0.4, 0.5) is 5.69 Å². The van der Waals surface area contributed by atoms with Gasteiger partial charge >= 0.3 is 0 Å². The van der Waals surface area contributed by atoms with Gasteiger partial charge in [0.1, 0.15) is 10.9 Å². The molecule has 1 fully saturated rings. The number of amides is 1. The number of carbonyl (C=O) groups excluding carboxylic acids is 1. The van der Waals surface area contributed by atoms with Gasteiger partial charge < -0.3 is 14.8 Å². The van der Waals surface area contributed by atoms with E-state index in [9.17, 15) is 14.9 Å². The zero-order valence-electron chi connectivity index (χ0n) is 14.1. The zero-order chi connectivity index (χ0) is 19.4. The second-order valence-corrected chi connectivity index (χ2v) is 7.19. The van der Waals surface area contributed by atoms with E-state index in [1.165, 1.54) is 31.0 Å². The Morgan fingerprint density at radius 3 is 2.56 bits per heavy atom. The third-order valence-corrected chi connectivity index (χ3v) is 4.83. The first kappa shape index (κ1) is 18.9. The number of methoxy groups -OCH3 is 1. The standard InChI is InChI=1S/C18H14N2O5S2/c1-24-14-7-4-12(9-16-17(21)19-18(26)27-16)8-15(14)25-10-11-2-5-13(6-3-11)20(22)23/h2-9H,10H2,1H3,(H,19,21,26). The molecule has 0 spiro atoms. The first-order valence-corrected chi connectivity index (χ1v) is 8.98. The highest BCUT2D eigenvalue weighted by molar-refractivity contribution is 8.26. The minimum Gasteiger partial charge on any atom is -0.493 e. The Hall–Kier alpha value is -2.91. The Morgan fingerprint density at radius 2 is 1.96 bits per heavy atom. The summed E-state index contributed by atoms with van der Waals surface area (Å²) in [4.78, 5) is 22.6. The number of rotatable bonds is 6. The van der Waals surface area contributed by atoms with E-state index in [1.807, 2.05) is 0 Å². The molecule has 3 rings (SSSR count). The fourth-order valence-electron chi connectivity index (χ4n) is 2.34. The molecule has 0 atom stereocenters. The van der Waals surface area contributed by atoms with Crippen LogP contribution in [0.3, 0.4) is 0 Å². The van der Waals surface area contributed by atoms with E-state index in [1.54, 1.807) is 36.4 Å². The minimum absolute atomic E-state index is 0.0233. The lowest BCUT2D eigenvalue weighted by Crippen LogP contribution is -2.17. The second-order valence-electron chi connectivity index (χ2n) is 5.47. The maximum Gasteiger partial charge on any atom is 0.269 e. The lowest BCUT2D eigenvalue weighted by Gasteiger charge is -2.11. The topological polar surface area (TPSA) is 90.7 Å². The molecule has 2 aromatic carbocycles. The number of hydrogen-bond acceptors (Lipinski definition) is 7. The van der Waals surface area contributed by atoms with Crippen LogP contribution < -0.4 is 14.8 Å². The fourth-order valence-corrected chi connectivity index (χ4v) is 3.39. The molecule has 27 heavy (non-hydrogen) atoms. The molecule has 2 aromatic rings. The zero-order valence-corrected chi connectivity index (χ0v) is 15.8. The number of nitrogens with zero attached hydrogens (tertiary/aromatic N) is 1. The van der Waals surface area contributed by atoms with E-state index in [0.29, 0.717) is 20.7 Å². The van der Waals surface area contributed by atoms with Gasteiger partial charge in [-0.3, -0.25) is 14.9 Å². The molecule has 1 saturated heterocycles. The molecule has 0 aromatic heterocycles. The van der Waals surface area contributed by atoms with E-state index in [2.05, 4.69) is 5.32 Å². The summed E-state index contributed by atoms with van der Waals surface area (Å²) >= 11 is 6.18. The summed E-state index contributed by atoms with van der Waals surface area (Å²) < 4.78 is 11.5. The molecule has 1 heterocycles. The van der Waals surface area contributed by atoms with E-state index in [4.69, 9.17) is 21.7 Å². The molecule has 0 radical (unpaired) electrons. The van der Waals surface area contributed by atoms with Crippen molar-refractivity contribution in [2.45, 2.75) is 6.61 Å². The van der Waals surface area contributed by atoms with Crippen molar-refractivity contribution in [1.29, 1.82) is 0 Å². The summed E-state index contributed by atoms with van der Waals surface area (Å²) in [6, 6.07) is 11.4. The van der Waals surface area contributed by atoms with E-state index >= 15 is 0 Å². The first-order valence-electron chi connectivity index (χ1n) is 7.75. The SMILES string of the molecule is COc1ccc(C=C2SC(=S)NC2=O)cc1OCc1ccc([N+](=O)[O-])cc1. The Labute approximate surface area is 164 Å². The Balaban J connectivity index is 1.77. The smallest absolute Gasteiger partial charge is 0.269 e. The van der Waals surface area contributed by atoms with Crippen molar-refractivity contribution < 1.29 is 19.2 Å². The molecule has 9 heteroatoms. The molecule has 0 aliphatic carbocycles. The van der Waals surface area contributed by atoms with Gasteiger partial charge in [0, 0.05) is 12.1 Å². The molecule has 0 unspecified atom stereocenters. The Morgan fingerprint density at radius 1 is 1.22 bits per heavy atom. The van der Waals surface area contributed by atoms with Gasteiger partial charge in [-0.1, -0.05) is 30.0 Å². The van der Waals surface area contributed by atoms with Crippen LogP contribution in [-0.2, 0) is 11.4 Å². The van der Waals surface area contributed by atoms with E-state index < -0.39 is 4.92 Å². The van der Waals surface area contributed by atoms with Crippen LogP contribution in [0, 0.1) is 10.1 Å². The highest BCUT2D eigenvalue weighted by Gasteiger charge is 2.22. The number of nitro benzene ring substituents is 1. The van der Waals surface area contributed by atoms with Gasteiger partial charge in [-0.15, -0.1) is 0 Å². The summed E-state index contributed by atoms with van der Waals surface area (Å²) in [5.74, 6) is 0.809. The van der Waals surface area contributed by atoms with Crippen molar-refractivity contribution in [3.8, 4) is 11.5 Å². The number of nitrogens with one attached hydrogen (secondary N) is 1. The van der Waals surface area contributed by atoms with Crippen LogP contribution in [-0.4, -0.2) is 22.3 Å². The summed E-state index contributed by atoms with van der Waals surface area (Å²) in [6.07, 6.45) is 1.72. The second kappa shape index (κ2) is 8.19. The molecule has 1 aliphatic heterocycles. The normalized spacial score (nSPS) is 14.9. The summed E-state index contributed by atoms with van der Waals surface area (Å²) in [5.41, 5.74) is 1.56. The van der Waals surface area contributed by atoms with Crippen molar-refractivity contribution in [3.63, 3.8) is 0 Å². The Kier molecular flexibility index (Phi) is 5.72. The lowest BCUT2D eigenvalue weighted by atomic mass is 10.1. The number of ether oxygens (including phenoxy) is 2. The van der Waals surface area contributed by atoms with Gasteiger partial charge in [-0.25, -0.2) is 0 Å². The number of non-ortho nitro benzene ring substituents is 1. The lowest BCUT2D eigenvalue weighted by molar-refractivity contribution is -0.384. The van der Waals surface area contributed by atoms with Crippen LogP contribution in [0.1, 0.15) is 11.1 Å². The maximum atomic E-state index is 11.8. The minimum atomic E-state index is -0.451. The molecule has 138 valence electrons. The quantitative estimate of drug-likeness (QED) is 0.341. The van der Waals surface area contributed by atoms with Crippen molar-refractivity contribution in [1.82, 2.24) is 5.32 Å². The predicted molar refractivity (Wildman–Crippen MR) is 107 cm³/mol. The van der Waals surface area contributed by atoms with Crippen molar-refractivity contribution >= 4 is 46.0 Å². The Bertz CT molecular complexity index is 941. The number of hydrogen-bond donors (Lipinski definition) is 1. The molecule has 1 aliphatic rings. The van der Waals surface area contributed by atoms with Gasteiger partial charge in [0.05, 0.1) is 16.9 Å². The molecule has 1 amide bonds. The molecular weight excluding hydrogens is 388 g/mol. The monoisotopic (exact) mass is 402 g/mol. The summed E-state index contributed by atoms with van der Waals surface area (Å²) in [6.45, 7) is 0.216. The van der Waals surface area contributed by atoms with E-state index in [0.717, 1.165) is 11.1 Å². The van der Waals surface area contributed by atoms with Crippen molar-refractivity contribution in [3.05, 3.63) is 68.6 Å².